The highest BCUT2D eigenvalue weighted by molar-refractivity contribution is 5.75. The quantitative estimate of drug-likeness (QED) is 0.520. The van der Waals surface area contributed by atoms with Crippen LogP contribution in [0.4, 0.5) is 0 Å². The van der Waals surface area contributed by atoms with Gasteiger partial charge in [-0.1, -0.05) is 0 Å². The van der Waals surface area contributed by atoms with E-state index in [2.05, 4.69) is 10.2 Å². The van der Waals surface area contributed by atoms with Crippen molar-refractivity contribution < 1.29 is 19.0 Å². The molecular weight excluding hydrogens is 260 g/mol. The number of hydrogen-bond acceptors (Lipinski definition) is 6. The van der Waals surface area contributed by atoms with Crippen LogP contribution in [0.25, 0.3) is 0 Å². The first-order valence-corrected chi connectivity index (χ1v) is 7.25. The molecule has 0 saturated heterocycles. The van der Waals surface area contributed by atoms with Gasteiger partial charge in [-0.3, -0.25) is 9.69 Å². The largest absolute Gasteiger partial charge is 0.468 e. The predicted octanol–water partition coefficient (Wildman–Crippen LogP) is 0.265. The fourth-order valence-corrected chi connectivity index (χ4v) is 2.03. The van der Waals surface area contributed by atoms with Crippen LogP contribution in [0.3, 0.4) is 0 Å². The Morgan fingerprint density at radius 1 is 1.15 bits per heavy atom. The standard InChI is InChI=1S/C14H28N2O4/c1-18-10-8-16(9-11-19-2)7-6-13(14(17)20-3)15-12-4-5-12/h12-13,15H,4-11H2,1-3H3. The van der Waals surface area contributed by atoms with Gasteiger partial charge in [0.2, 0.25) is 0 Å². The number of nitrogens with zero attached hydrogens (tertiary/aromatic N) is 1. The number of carbonyl (C=O) groups excluding carboxylic acids is 1. The summed E-state index contributed by atoms with van der Waals surface area (Å²) >= 11 is 0. The Labute approximate surface area is 121 Å². The van der Waals surface area contributed by atoms with Crippen molar-refractivity contribution in [1.82, 2.24) is 10.2 Å². The molecule has 1 atom stereocenters. The van der Waals surface area contributed by atoms with Crippen molar-refractivity contribution in [3.8, 4) is 0 Å². The summed E-state index contributed by atoms with van der Waals surface area (Å²) in [7, 11) is 4.83. The number of carbonyl (C=O) groups is 1. The van der Waals surface area contributed by atoms with E-state index < -0.39 is 0 Å². The van der Waals surface area contributed by atoms with Crippen molar-refractivity contribution in [2.24, 2.45) is 0 Å². The van der Waals surface area contributed by atoms with Crippen LogP contribution in [0.5, 0.6) is 0 Å². The highest BCUT2D eigenvalue weighted by Gasteiger charge is 2.29. The average molecular weight is 288 g/mol. The monoisotopic (exact) mass is 288 g/mol. The zero-order valence-corrected chi connectivity index (χ0v) is 12.9. The van der Waals surface area contributed by atoms with Crippen LogP contribution in [0.1, 0.15) is 19.3 Å². The minimum Gasteiger partial charge on any atom is -0.468 e. The molecule has 1 N–H and O–H groups in total. The Morgan fingerprint density at radius 3 is 2.20 bits per heavy atom. The van der Waals surface area contributed by atoms with E-state index in [-0.39, 0.29) is 12.0 Å². The Bertz CT molecular complexity index is 264. The highest BCUT2D eigenvalue weighted by Crippen LogP contribution is 2.20. The van der Waals surface area contributed by atoms with Gasteiger partial charge in [-0.25, -0.2) is 0 Å². The van der Waals surface area contributed by atoms with Crippen LogP contribution in [0.15, 0.2) is 0 Å². The second-order valence-corrected chi connectivity index (χ2v) is 5.13. The van der Waals surface area contributed by atoms with Crippen molar-refractivity contribution in [3.63, 3.8) is 0 Å². The first-order chi connectivity index (χ1) is 9.71. The van der Waals surface area contributed by atoms with Gasteiger partial charge < -0.3 is 19.5 Å². The van der Waals surface area contributed by atoms with E-state index >= 15 is 0 Å². The lowest BCUT2D eigenvalue weighted by Crippen LogP contribution is -2.42. The van der Waals surface area contributed by atoms with Gasteiger partial charge in [0.15, 0.2) is 0 Å². The molecule has 1 aliphatic carbocycles. The van der Waals surface area contributed by atoms with Crippen molar-refractivity contribution in [3.05, 3.63) is 0 Å². The molecule has 6 heteroatoms. The summed E-state index contributed by atoms with van der Waals surface area (Å²) in [6, 6.07) is 0.283. The molecule has 1 aliphatic rings. The maximum Gasteiger partial charge on any atom is 0.322 e. The molecule has 118 valence electrons. The number of hydrogen-bond donors (Lipinski definition) is 1. The van der Waals surface area contributed by atoms with Crippen molar-refractivity contribution in [1.29, 1.82) is 0 Å². The Morgan fingerprint density at radius 2 is 1.75 bits per heavy atom. The van der Waals surface area contributed by atoms with Crippen molar-refractivity contribution in [2.75, 3.05) is 54.2 Å². The lowest BCUT2D eigenvalue weighted by atomic mass is 10.2. The molecule has 0 aromatic heterocycles. The molecular formula is C14H28N2O4. The minimum atomic E-state index is -0.208. The van der Waals surface area contributed by atoms with Crippen LogP contribution in [0, 0.1) is 0 Å². The van der Waals surface area contributed by atoms with Gasteiger partial charge in [0.25, 0.3) is 0 Å². The molecule has 0 aromatic carbocycles. The number of nitrogens with one attached hydrogen (secondary N) is 1. The maximum atomic E-state index is 11.8. The number of esters is 1. The molecule has 0 spiro atoms. The molecule has 0 heterocycles. The summed E-state index contributed by atoms with van der Waals surface area (Å²) in [5.41, 5.74) is 0. The van der Waals surface area contributed by atoms with Gasteiger partial charge in [0, 0.05) is 39.9 Å². The molecule has 0 bridgehead atoms. The summed E-state index contributed by atoms with van der Waals surface area (Å²) in [6.45, 7) is 3.88. The van der Waals surface area contributed by atoms with Gasteiger partial charge in [-0.2, -0.15) is 0 Å². The van der Waals surface area contributed by atoms with Gasteiger partial charge in [-0.05, 0) is 19.3 Å². The van der Waals surface area contributed by atoms with Gasteiger partial charge in [0.1, 0.15) is 6.04 Å². The summed E-state index contributed by atoms with van der Waals surface area (Å²) in [4.78, 5) is 14.0. The van der Waals surface area contributed by atoms with E-state index in [1.807, 2.05) is 0 Å². The normalized spacial score (nSPS) is 16.4. The van der Waals surface area contributed by atoms with Crippen LogP contribution < -0.4 is 5.32 Å². The molecule has 0 radical (unpaired) electrons. The summed E-state index contributed by atoms with van der Waals surface area (Å²) in [5.74, 6) is -0.171. The molecule has 1 unspecified atom stereocenters. The van der Waals surface area contributed by atoms with Crippen molar-refractivity contribution in [2.45, 2.75) is 31.3 Å². The van der Waals surface area contributed by atoms with Crippen LogP contribution in [-0.2, 0) is 19.0 Å². The lowest BCUT2D eigenvalue weighted by molar-refractivity contribution is -0.143. The van der Waals surface area contributed by atoms with Crippen molar-refractivity contribution >= 4 is 5.97 Å². The number of rotatable bonds is 12. The Hall–Kier alpha value is -0.690. The van der Waals surface area contributed by atoms with Gasteiger partial charge in [0.05, 0.1) is 20.3 Å². The Kier molecular flexibility index (Phi) is 8.77. The molecule has 0 aliphatic heterocycles. The fraction of sp³-hybridized carbons (Fsp3) is 0.929. The first kappa shape index (κ1) is 17.4. The SMILES string of the molecule is COCCN(CCOC)CCC(NC1CC1)C(=O)OC. The zero-order chi connectivity index (χ0) is 14.8. The van der Waals surface area contributed by atoms with E-state index in [0.29, 0.717) is 19.3 Å². The maximum absolute atomic E-state index is 11.8. The average Bonchev–Trinajstić information content (AvgIpc) is 3.28. The van der Waals surface area contributed by atoms with Crippen LogP contribution in [-0.4, -0.2) is 77.1 Å². The molecule has 0 amide bonds. The minimum absolute atomic E-state index is 0.171. The third kappa shape index (κ3) is 7.19. The van der Waals surface area contributed by atoms with E-state index in [0.717, 1.165) is 38.9 Å². The molecule has 1 fully saturated rings. The smallest absolute Gasteiger partial charge is 0.322 e. The van der Waals surface area contributed by atoms with Crippen LogP contribution >= 0.6 is 0 Å². The van der Waals surface area contributed by atoms with E-state index in [9.17, 15) is 4.79 Å². The molecule has 20 heavy (non-hydrogen) atoms. The number of ether oxygens (including phenoxy) is 3. The summed E-state index contributed by atoms with van der Waals surface area (Å²) in [5, 5.41) is 3.35. The topological polar surface area (TPSA) is 60.0 Å². The van der Waals surface area contributed by atoms with Gasteiger partial charge >= 0.3 is 5.97 Å². The van der Waals surface area contributed by atoms with E-state index in [1.165, 1.54) is 7.11 Å². The third-order valence-corrected chi connectivity index (χ3v) is 3.46. The number of methoxy groups -OCH3 is 3. The first-order valence-electron chi connectivity index (χ1n) is 7.25. The molecule has 6 nitrogen and oxygen atoms in total. The predicted molar refractivity (Wildman–Crippen MR) is 76.8 cm³/mol. The second-order valence-electron chi connectivity index (χ2n) is 5.13. The second kappa shape index (κ2) is 10.1. The molecule has 1 saturated carbocycles. The lowest BCUT2D eigenvalue weighted by Gasteiger charge is -2.24. The van der Waals surface area contributed by atoms with Crippen LogP contribution in [0.2, 0.25) is 0 Å². The summed E-state index contributed by atoms with van der Waals surface area (Å²) < 4.78 is 15.1. The third-order valence-electron chi connectivity index (χ3n) is 3.46. The zero-order valence-electron chi connectivity index (χ0n) is 12.9. The molecule has 0 aromatic rings. The van der Waals surface area contributed by atoms with Gasteiger partial charge in [-0.15, -0.1) is 0 Å². The van der Waals surface area contributed by atoms with E-state index in [4.69, 9.17) is 14.2 Å². The Balaban J connectivity index is 2.36. The highest BCUT2D eigenvalue weighted by atomic mass is 16.5. The summed E-state index contributed by atoms with van der Waals surface area (Å²) in [6.07, 6.45) is 3.06. The molecule has 1 rings (SSSR count). The van der Waals surface area contributed by atoms with E-state index in [1.54, 1.807) is 14.2 Å². The fourth-order valence-electron chi connectivity index (χ4n) is 2.03.